The van der Waals surface area contributed by atoms with Crippen LogP contribution in [0.25, 0.3) is 0 Å². The van der Waals surface area contributed by atoms with Crippen molar-refractivity contribution in [1.29, 1.82) is 0 Å². The predicted octanol–water partition coefficient (Wildman–Crippen LogP) is 1.83. The zero-order valence-electron chi connectivity index (χ0n) is 7.92. The van der Waals surface area contributed by atoms with Gasteiger partial charge >= 0.3 is 0 Å². The number of aromatic hydroxyl groups is 1. The maximum Gasteiger partial charge on any atom is 0.161 e. The highest BCUT2D eigenvalue weighted by atomic mass is 16.5. The first kappa shape index (κ1) is 9.58. The smallest absolute Gasteiger partial charge is 0.161 e. The second-order valence-electron chi connectivity index (χ2n) is 2.88. The van der Waals surface area contributed by atoms with Crippen LogP contribution in [0.15, 0.2) is 6.07 Å². The van der Waals surface area contributed by atoms with Crippen molar-refractivity contribution in [2.45, 2.75) is 13.8 Å². The highest BCUT2D eigenvalue weighted by Crippen LogP contribution is 2.33. The van der Waals surface area contributed by atoms with E-state index >= 15 is 0 Å². The van der Waals surface area contributed by atoms with Gasteiger partial charge in [-0.2, -0.15) is 0 Å². The van der Waals surface area contributed by atoms with Crippen molar-refractivity contribution < 1.29 is 14.6 Å². The van der Waals surface area contributed by atoms with Crippen LogP contribution in [-0.2, 0) is 0 Å². The molecule has 0 atom stereocenters. The van der Waals surface area contributed by atoms with Crippen LogP contribution in [0.5, 0.6) is 11.5 Å². The molecule has 0 aliphatic carbocycles. The molecule has 0 heterocycles. The molecule has 0 fully saturated rings. The summed E-state index contributed by atoms with van der Waals surface area (Å²) in [5.41, 5.74) is 2.02. The van der Waals surface area contributed by atoms with Gasteiger partial charge in [-0.15, -0.1) is 0 Å². The molecule has 1 rings (SSSR count). The summed E-state index contributed by atoms with van der Waals surface area (Å²) in [5.74, 6) is 0.441. The van der Waals surface area contributed by atoms with Crippen LogP contribution in [0.3, 0.4) is 0 Å². The fraction of sp³-hybridized carbons (Fsp3) is 0.300. The zero-order chi connectivity index (χ0) is 10.0. The lowest BCUT2D eigenvalue weighted by Crippen LogP contribution is -1.94. The van der Waals surface area contributed by atoms with Gasteiger partial charge in [-0.3, -0.25) is 4.79 Å². The molecule has 0 bridgehead atoms. The number of ether oxygens (including phenoxy) is 1. The Morgan fingerprint density at radius 1 is 1.38 bits per heavy atom. The average molecular weight is 180 g/mol. The molecule has 0 radical (unpaired) electrons. The van der Waals surface area contributed by atoms with Gasteiger partial charge in [0.15, 0.2) is 11.5 Å². The molecule has 1 aromatic carbocycles. The number of carbonyl (C=O) groups excluding carboxylic acids is 1. The summed E-state index contributed by atoms with van der Waals surface area (Å²) in [4.78, 5) is 10.6. The van der Waals surface area contributed by atoms with Gasteiger partial charge in [0.1, 0.15) is 6.29 Å². The summed E-state index contributed by atoms with van der Waals surface area (Å²) >= 11 is 0. The predicted molar refractivity (Wildman–Crippen MR) is 49.5 cm³/mol. The Bertz CT molecular complexity index is 343. The quantitative estimate of drug-likeness (QED) is 0.706. The molecule has 13 heavy (non-hydrogen) atoms. The second-order valence-corrected chi connectivity index (χ2v) is 2.88. The van der Waals surface area contributed by atoms with E-state index in [1.165, 1.54) is 13.2 Å². The Hall–Kier alpha value is -1.51. The molecule has 0 unspecified atom stereocenters. The first-order chi connectivity index (χ1) is 6.11. The monoisotopic (exact) mass is 180 g/mol. The molecule has 0 aliphatic rings. The van der Waals surface area contributed by atoms with Crippen molar-refractivity contribution in [3.05, 3.63) is 22.8 Å². The number of carbonyl (C=O) groups is 1. The van der Waals surface area contributed by atoms with Crippen molar-refractivity contribution in [2.75, 3.05) is 7.11 Å². The summed E-state index contributed by atoms with van der Waals surface area (Å²) in [6.07, 6.45) is 0.754. The summed E-state index contributed by atoms with van der Waals surface area (Å²) in [5, 5.41) is 9.56. The van der Waals surface area contributed by atoms with Crippen LogP contribution in [-0.4, -0.2) is 18.5 Å². The third kappa shape index (κ3) is 1.49. The van der Waals surface area contributed by atoms with Gasteiger partial charge in [0, 0.05) is 5.56 Å². The van der Waals surface area contributed by atoms with Crippen LogP contribution < -0.4 is 4.74 Å². The Kier molecular flexibility index (Phi) is 2.56. The minimum absolute atomic E-state index is 0.102. The third-order valence-corrected chi connectivity index (χ3v) is 2.22. The largest absolute Gasteiger partial charge is 0.504 e. The molecule has 0 saturated carbocycles. The van der Waals surface area contributed by atoms with Crippen molar-refractivity contribution >= 4 is 6.29 Å². The molecule has 0 amide bonds. The van der Waals surface area contributed by atoms with E-state index in [9.17, 15) is 9.90 Å². The normalized spacial score (nSPS) is 9.77. The van der Waals surface area contributed by atoms with Crippen LogP contribution >= 0.6 is 0 Å². The average Bonchev–Trinajstić information content (AvgIpc) is 2.15. The van der Waals surface area contributed by atoms with E-state index in [1.807, 2.05) is 0 Å². The van der Waals surface area contributed by atoms with Gasteiger partial charge in [0.05, 0.1) is 7.11 Å². The molecular formula is C10H12O3. The van der Waals surface area contributed by atoms with E-state index in [0.29, 0.717) is 16.9 Å². The van der Waals surface area contributed by atoms with Gasteiger partial charge in [0.2, 0.25) is 0 Å². The molecule has 1 aromatic rings. The number of aldehydes is 1. The van der Waals surface area contributed by atoms with Crippen molar-refractivity contribution in [3.8, 4) is 11.5 Å². The Labute approximate surface area is 77.0 Å². The zero-order valence-corrected chi connectivity index (χ0v) is 7.92. The molecule has 3 heteroatoms. The first-order valence-electron chi connectivity index (χ1n) is 3.94. The van der Waals surface area contributed by atoms with Gasteiger partial charge < -0.3 is 9.84 Å². The van der Waals surface area contributed by atoms with Crippen molar-refractivity contribution in [2.24, 2.45) is 0 Å². The summed E-state index contributed by atoms with van der Waals surface area (Å²) < 4.78 is 4.91. The topological polar surface area (TPSA) is 46.5 Å². The number of benzene rings is 1. The lowest BCUT2D eigenvalue weighted by molar-refractivity contribution is 0.112. The van der Waals surface area contributed by atoms with E-state index in [4.69, 9.17) is 4.74 Å². The SMILES string of the molecule is COc1cc(C=O)c(C)c(C)c1O. The number of phenolic OH excluding ortho intramolecular Hbond substituents is 1. The second kappa shape index (κ2) is 3.47. The first-order valence-corrected chi connectivity index (χ1v) is 3.94. The van der Waals surface area contributed by atoms with E-state index < -0.39 is 0 Å². The van der Waals surface area contributed by atoms with Gasteiger partial charge in [-0.05, 0) is 31.0 Å². The van der Waals surface area contributed by atoms with E-state index in [0.717, 1.165) is 11.8 Å². The number of hydrogen-bond donors (Lipinski definition) is 1. The fourth-order valence-corrected chi connectivity index (χ4v) is 1.17. The summed E-state index contributed by atoms with van der Waals surface area (Å²) in [7, 11) is 1.46. The molecule has 0 aromatic heterocycles. The Morgan fingerprint density at radius 2 is 2.00 bits per heavy atom. The molecule has 0 aliphatic heterocycles. The fourth-order valence-electron chi connectivity index (χ4n) is 1.17. The van der Waals surface area contributed by atoms with Crippen LogP contribution in [0.1, 0.15) is 21.5 Å². The van der Waals surface area contributed by atoms with Crippen LogP contribution in [0.2, 0.25) is 0 Å². The Morgan fingerprint density at radius 3 is 2.46 bits per heavy atom. The lowest BCUT2D eigenvalue weighted by Gasteiger charge is -2.10. The summed E-state index contributed by atoms with van der Waals surface area (Å²) in [6, 6.07) is 1.53. The van der Waals surface area contributed by atoms with E-state index in [-0.39, 0.29) is 5.75 Å². The minimum Gasteiger partial charge on any atom is -0.504 e. The standard InChI is InChI=1S/C10H12O3/c1-6-7(2)10(12)9(13-3)4-8(6)5-11/h4-5,12H,1-3H3. The molecule has 70 valence electrons. The highest BCUT2D eigenvalue weighted by molar-refractivity contribution is 5.80. The van der Waals surface area contributed by atoms with E-state index in [1.54, 1.807) is 13.8 Å². The molecule has 0 spiro atoms. The molecule has 3 nitrogen and oxygen atoms in total. The number of phenols is 1. The van der Waals surface area contributed by atoms with Crippen LogP contribution in [0, 0.1) is 13.8 Å². The maximum atomic E-state index is 10.6. The maximum absolute atomic E-state index is 10.6. The lowest BCUT2D eigenvalue weighted by atomic mass is 10.0. The number of hydrogen-bond acceptors (Lipinski definition) is 3. The van der Waals surface area contributed by atoms with Gasteiger partial charge in [-0.25, -0.2) is 0 Å². The number of rotatable bonds is 2. The highest BCUT2D eigenvalue weighted by Gasteiger charge is 2.11. The molecular weight excluding hydrogens is 168 g/mol. The third-order valence-electron chi connectivity index (χ3n) is 2.22. The number of methoxy groups -OCH3 is 1. The Balaban J connectivity index is 3.45. The molecule has 0 saturated heterocycles. The van der Waals surface area contributed by atoms with Gasteiger partial charge in [0.25, 0.3) is 0 Å². The summed E-state index contributed by atoms with van der Waals surface area (Å²) in [6.45, 7) is 3.54. The van der Waals surface area contributed by atoms with Crippen molar-refractivity contribution in [1.82, 2.24) is 0 Å². The molecule has 1 N–H and O–H groups in total. The minimum atomic E-state index is 0.102. The van der Waals surface area contributed by atoms with Gasteiger partial charge in [-0.1, -0.05) is 0 Å². The van der Waals surface area contributed by atoms with E-state index in [2.05, 4.69) is 0 Å². The van der Waals surface area contributed by atoms with Crippen LogP contribution in [0.4, 0.5) is 0 Å². The van der Waals surface area contributed by atoms with Crippen molar-refractivity contribution in [3.63, 3.8) is 0 Å².